The number of carbonyl (C=O) groups is 2. The van der Waals surface area contributed by atoms with Gasteiger partial charge in [-0.15, -0.1) is 0 Å². The van der Waals surface area contributed by atoms with Crippen molar-refractivity contribution in [1.29, 1.82) is 0 Å². The van der Waals surface area contributed by atoms with E-state index >= 15 is 0 Å². The van der Waals surface area contributed by atoms with Gasteiger partial charge < -0.3 is 5.32 Å². The van der Waals surface area contributed by atoms with Crippen molar-refractivity contribution >= 4 is 17.3 Å². The Morgan fingerprint density at radius 1 is 1.00 bits per heavy atom. The van der Waals surface area contributed by atoms with Crippen molar-refractivity contribution < 1.29 is 9.59 Å². The Bertz CT molecular complexity index is 512. The fraction of sp³-hybridized carbons (Fsp3) is 0.143. The Kier molecular flexibility index (Phi) is 3.19. The monoisotopic (exact) mass is 227 g/mol. The Balaban J connectivity index is 2.19. The van der Waals surface area contributed by atoms with Crippen molar-refractivity contribution in [1.82, 2.24) is 0 Å². The molecule has 0 saturated heterocycles. The molecule has 3 heteroatoms. The summed E-state index contributed by atoms with van der Waals surface area (Å²) in [6.45, 7) is 1.86. The normalized spacial score (nSPS) is 15.4. The summed E-state index contributed by atoms with van der Waals surface area (Å²) in [6.07, 6.45) is 3.36. The largest absolute Gasteiger partial charge is 0.352 e. The molecule has 1 aliphatic carbocycles. The lowest BCUT2D eigenvalue weighted by atomic mass is 9.99. The number of allylic oxidation sites excluding steroid dienone is 3. The molecule has 86 valence electrons. The minimum atomic E-state index is -0.148. The number of benzene rings is 1. The van der Waals surface area contributed by atoms with Crippen LogP contribution in [0.3, 0.4) is 0 Å². The molecule has 3 nitrogen and oxygen atoms in total. The summed E-state index contributed by atoms with van der Waals surface area (Å²) < 4.78 is 0. The summed E-state index contributed by atoms with van der Waals surface area (Å²) in [5, 5.41) is 2.95. The molecule has 0 heterocycles. The molecule has 0 aliphatic heterocycles. The minimum absolute atomic E-state index is 0.0921. The van der Waals surface area contributed by atoms with E-state index in [0.717, 1.165) is 5.69 Å². The number of hydrogen-bond acceptors (Lipinski definition) is 3. The summed E-state index contributed by atoms with van der Waals surface area (Å²) in [5.74, 6) is -0.240. The molecule has 1 N–H and O–H groups in total. The van der Waals surface area contributed by atoms with Gasteiger partial charge in [0.2, 0.25) is 5.78 Å². The van der Waals surface area contributed by atoms with Crippen molar-refractivity contribution in [2.24, 2.45) is 0 Å². The van der Waals surface area contributed by atoms with Gasteiger partial charge in [-0.25, -0.2) is 0 Å². The van der Waals surface area contributed by atoms with E-state index < -0.39 is 0 Å². The molecule has 0 spiro atoms. The molecular formula is C14H13NO2. The lowest BCUT2D eigenvalue weighted by Gasteiger charge is -2.13. The fourth-order valence-electron chi connectivity index (χ4n) is 1.65. The van der Waals surface area contributed by atoms with Crippen molar-refractivity contribution in [2.45, 2.75) is 13.3 Å². The number of anilines is 1. The first-order valence-electron chi connectivity index (χ1n) is 5.53. The highest BCUT2D eigenvalue weighted by molar-refractivity contribution is 6.20. The molecule has 2 rings (SSSR count). The fourth-order valence-corrected chi connectivity index (χ4v) is 1.65. The standard InChI is InChI=1S/C14H13NO2/c1-2-10-8-14(17)12(9-13(10)16)15-11-6-4-3-5-7-11/h3-9,15H,2H2,1H3. The number of rotatable bonds is 3. The van der Waals surface area contributed by atoms with Crippen molar-refractivity contribution in [3.8, 4) is 0 Å². The topological polar surface area (TPSA) is 46.2 Å². The van der Waals surface area contributed by atoms with Crippen LogP contribution in [0, 0.1) is 0 Å². The first-order chi connectivity index (χ1) is 8.20. The van der Waals surface area contributed by atoms with Crippen LogP contribution in [0.2, 0.25) is 0 Å². The molecule has 0 saturated carbocycles. The summed E-state index contributed by atoms with van der Waals surface area (Å²) in [4.78, 5) is 23.4. The van der Waals surface area contributed by atoms with Crippen LogP contribution in [-0.2, 0) is 9.59 Å². The van der Waals surface area contributed by atoms with Gasteiger partial charge in [-0.3, -0.25) is 9.59 Å². The predicted molar refractivity (Wildman–Crippen MR) is 66.5 cm³/mol. The van der Waals surface area contributed by atoms with Gasteiger partial charge in [0.05, 0.1) is 5.70 Å². The number of ketones is 2. The summed E-state index contributed by atoms with van der Waals surface area (Å²) in [5.41, 5.74) is 1.69. The SMILES string of the molecule is CCC1=CC(=O)C(Nc2ccccc2)=CC1=O. The van der Waals surface area contributed by atoms with Gasteiger partial charge in [0.15, 0.2) is 5.78 Å². The van der Waals surface area contributed by atoms with Crippen LogP contribution in [0.4, 0.5) is 5.69 Å². The molecule has 0 amide bonds. The Labute approximate surface area is 99.8 Å². The maximum absolute atomic E-state index is 11.8. The van der Waals surface area contributed by atoms with Crippen LogP contribution < -0.4 is 5.32 Å². The van der Waals surface area contributed by atoms with Gasteiger partial charge in [0, 0.05) is 17.3 Å². The van der Waals surface area contributed by atoms with Gasteiger partial charge >= 0.3 is 0 Å². The highest BCUT2D eigenvalue weighted by Crippen LogP contribution is 2.17. The summed E-state index contributed by atoms with van der Waals surface area (Å²) in [7, 11) is 0. The first-order valence-corrected chi connectivity index (χ1v) is 5.53. The second-order valence-electron chi connectivity index (χ2n) is 3.80. The van der Waals surface area contributed by atoms with Crippen LogP contribution in [0.5, 0.6) is 0 Å². The van der Waals surface area contributed by atoms with E-state index in [-0.39, 0.29) is 11.6 Å². The van der Waals surface area contributed by atoms with Crippen molar-refractivity contribution in [3.05, 3.63) is 53.8 Å². The molecule has 0 unspecified atom stereocenters. The third kappa shape index (κ3) is 2.50. The number of carbonyl (C=O) groups excluding carboxylic acids is 2. The molecule has 0 aromatic heterocycles. The van der Waals surface area contributed by atoms with Crippen molar-refractivity contribution in [3.63, 3.8) is 0 Å². The molecule has 1 aromatic carbocycles. The molecule has 0 fully saturated rings. The highest BCUT2D eigenvalue weighted by atomic mass is 16.1. The lowest BCUT2D eigenvalue weighted by molar-refractivity contribution is -0.115. The highest BCUT2D eigenvalue weighted by Gasteiger charge is 2.18. The van der Waals surface area contributed by atoms with E-state index in [1.807, 2.05) is 37.3 Å². The zero-order chi connectivity index (χ0) is 12.3. The summed E-state index contributed by atoms with van der Waals surface area (Å²) in [6, 6.07) is 9.31. The zero-order valence-corrected chi connectivity index (χ0v) is 9.57. The Hall–Kier alpha value is -2.16. The third-order valence-electron chi connectivity index (χ3n) is 2.60. The number of nitrogens with one attached hydrogen (secondary N) is 1. The molecule has 1 aliphatic rings. The molecule has 1 aromatic rings. The summed E-state index contributed by atoms with van der Waals surface area (Å²) >= 11 is 0. The lowest BCUT2D eigenvalue weighted by Crippen LogP contribution is -2.18. The molecular weight excluding hydrogens is 214 g/mol. The maximum Gasteiger partial charge on any atom is 0.202 e. The number of para-hydroxylation sites is 1. The average Bonchev–Trinajstić information content (AvgIpc) is 2.34. The van der Waals surface area contributed by atoms with E-state index in [4.69, 9.17) is 0 Å². The Morgan fingerprint density at radius 3 is 2.35 bits per heavy atom. The molecule has 17 heavy (non-hydrogen) atoms. The van der Waals surface area contributed by atoms with Gasteiger partial charge in [0.1, 0.15) is 0 Å². The molecule has 0 radical (unpaired) electrons. The van der Waals surface area contributed by atoms with E-state index in [9.17, 15) is 9.59 Å². The molecule has 0 atom stereocenters. The van der Waals surface area contributed by atoms with Gasteiger partial charge in [-0.2, -0.15) is 0 Å². The van der Waals surface area contributed by atoms with E-state index in [1.54, 1.807) is 0 Å². The van der Waals surface area contributed by atoms with Crippen LogP contribution in [0.25, 0.3) is 0 Å². The predicted octanol–water partition coefficient (Wildman–Crippen LogP) is 2.47. The van der Waals surface area contributed by atoms with Crippen LogP contribution in [0.1, 0.15) is 13.3 Å². The van der Waals surface area contributed by atoms with Crippen LogP contribution in [0.15, 0.2) is 53.8 Å². The quantitative estimate of drug-likeness (QED) is 0.807. The van der Waals surface area contributed by atoms with E-state index in [1.165, 1.54) is 12.2 Å². The number of hydrogen-bond donors (Lipinski definition) is 1. The second kappa shape index (κ2) is 4.78. The first kappa shape index (κ1) is 11.3. The zero-order valence-electron chi connectivity index (χ0n) is 9.57. The second-order valence-corrected chi connectivity index (χ2v) is 3.80. The maximum atomic E-state index is 11.8. The van der Waals surface area contributed by atoms with E-state index in [0.29, 0.717) is 17.7 Å². The van der Waals surface area contributed by atoms with E-state index in [2.05, 4.69) is 5.32 Å². The molecule has 0 bridgehead atoms. The van der Waals surface area contributed by atoms with Gasteiger partial charge in [-0.1, -0.05) is 25.1 Å². The third-order valence-corrected chi connectivity index (χ3v) is 2.60. The smallest absolute Gasteiger partial charge is 0.202 e. The Morgan fingerprint density at radius 2 is 1.71 bits per heavy atom. The van der Waals surface area contributed by atoms with Gasteiger partial charge in [0.25, 0.3) is 0 Å². The van der Waals surface area contributed by atoms with Crippen molar-refractivity contribution in [2.75, 3.05) is 5.32 Å². The van der Waals surface area contributed by atoms with Crippen LogP contribution >= 0.6 is 0 Å². The minimum Gasteiger partial charge on any atom is -0.352 e. The van der Waals surface area contributed by atoms with Gasteiger partial charge in [-0.05, 0) is 24.6 Å². The van der Waals surface area contributed by atoms with Crippen LogP contribution in [-0.4, -0.2) is 11.6 Å². The average molecular weight is 227 g/mol.